The van der Waals surface area contributed by atoms with E-state index in [1.165, 1.54) is 18.4 Å². The van der Waals surface area contributed by atoms with Crippen molar-refractivity contribution in [2.45, 2.75) is 13.0 Å². The average molecular weight is 235 g/mol. The van der Waals surface area contributed by atoms with E-state index in [1.807, 2.05) is 0 Å². The number of halogens is 1. The molecule has 1 aliphatic heterocycles. The highest BCUT2D eigenvalue weighted by atomic mass is 35.5. The molecule has 14 heavy (non-hydrogen) atoms. The quantitative estimate of drug-likeness (QED) is 0.737. The molecule has 1 N–H and O–H groups in total. The van der Waals surface area contributed by atoms with Gasteiger partial charge in [-0.2, -0.15) is 0 Å². The standard InChI is InChI=1S/C8H10N2O2S.ClH/c1-12-8(11)7-10-5-2-3-9-4-6(5)13-7;/h9H,2-4H2,1H3;1H. The molecule has 0 bridgehead atoms. The Morgan fingerprint density at radius 3 is 3.07 bits per heavy atom. The summed E-state index contributed by atoms with van der Waals surface area (Å²) in [6.07, 6.45) is 0.906. The highest BCUT2D eigenvalue weighted by Crippen LogP contribution is 2.21. The maximum atomic E-state index is 11.1. The number of thiazole rings is 1. The number of nitrogens with one attached hydrogen (secondary N) is 1. The number of hydrogen-bond donors (Lipinski definition) is 1. The minimum absolute atomic E-state index is 0. The van der Waals surface area contributed by atoms with Crippen LogP contribution < -0.4 is 5.32 Å². The normalized spacial score (nSPS) is 14.1. The van der Waals surface area contributed by atoms with Crippen molar-refractivity contribution in [3.8, 4) is 0 Å². The van der Waals surface area contributed by atoms with Crippen molar-refractivity contribution < 1.29 is 9.53 Å². The lowest BCUT2D eigenvalue weighted by Crippen LogP contribution is -2.22. The number of rotatable bonds is 1. The van der Waals surface area contributed by atoms with Gasteiger partial charge in [0.05, 0.1) is 12.8 Å². The van der Waals surface area contributed by atoms with Crippen LogP contribution in [0.2, 0.25) is 0 Å². The molecule has 0 saturated heterocycles. The summed E-state index contributed by atoms with van der Waals surface area (Å²) in [4.78, 5) is 16.5. The predicted molar refractivity (Wildman–Crippen MR) is 56.1 cm³/mol. The highest BCUT2D eigenvalue weighted by Gasteiger charge is 2.18. The molecule has 1 aromatic rings. The van der Waals surface area contributed by atoms with Crippen molar-refractivity contribution in [2.75, 3.05) is 13.7 Å². The van der Waals surface area contributed by atoms with Gasteiger partial charge in [-0.25, -0.2) is 9.78 Å². The van der Waals surface area contributed by atoms with Crippen molar-refractivity contribution in [3.05, 3.63) is 15.6 Å². The molecule has 0 aliphatic carbocycles. The zero-order chi connectivity index (χ0) is 9.26. The van der Waals surface area contributed by atoms with E-state index in [9.17, 15) is 4.79 Å². The van der Waals surface area contributed by atoms with Crippen LogP contribution in [0, 0.1) is 0 Å². The number of aromatic nitrogens is 1. The van der Waals surface area contributed by atoms with Gasteiger partial charge in [-0.15, -0.1) is 23.7 Å². The summed E-state index contributed by atoms with van der Waals surface area (Å²) < 4.78 is 4.60. The van der Waals surface area contributed by atoms with Crippen LogP contribution >= 0.6 is 23.7 Å². The number of carbonyl (C=O) groups is 1. The van der Waals surface area contributed by atoms with Crippen LogP contribution in [0.5, 0.6) is 0 Å². The molecule has 2 rings (SSSR count). The van der Waals surface area contributed by atoms with Gasteiger partial charge in [-0.1, -0.05) is 0 Å². The van der Waals surface area contributed by atoms with Crippen LogP contribution in [-0.2, 0) is 17.7 Å². The predicted octanol–water partition coefficient (Wildman–Crippen LogP) is 0.997. The van der Waals surface area contributed by atoms with Crippen molar-refractivity contribution in [3.63, 3.8) is 0 Å². The Balaban J connectivity index is 0.000000980. The summed E-state index contributed by atoms with van der Waals surface area (Å²) in [7, 11) is 1.38. The molecule has 0 spiro atoms. The molecule has 1 aliphatic rings. The number of carbonyl (C=O) groups excluding carboxylic acids is 1. The Morgan fingerprint density at radius 1 is 1.64 bits per heavy atom. The number of esters is 1. The second kappa shape index (κ2) is 4.72. The number of methoxy groups -OCH3 is 1. The molecule has 2 heterocycles. The minimum atomic E-state index is -0.334. The molecule has 0 aromatic carbocycles. The molecule has 0 radical (unpaired) electrons. The third kappa shape index (κ3) is 2.05. The lowest BCUT2D eigenvalue weighted by atomic mass is 10.2. The van der Waals surface area contributed by atoms with Crippen LogP contribution in [0.3, 0.4) is 0 Å². The van der Waals surface area contributed by atoms with Crippen molar-refractivity contribution in [2.24, 2.45) is 0 Å². The molecule has 0 fully saturated rings. The van der Waals surface area contributed by atoms with E-state index in [2.05, 4.69) is 15.0 Å². The van der Waals surface area contributed by atoms with Gasteiger partial charge < -0.3 is 10.1 Å². The molecule has 78 valence electrons. The summed E-state index contributed by atoms with van der Waals surface area (Å²) in [5.41, 5.74) is 1.05. The largest absolute Gasteiger partial charge is 0.464 e. The lowest BCUT2D eigenvalue weighted by Gasteiger charge is -2.09. The fraction of sp³-hybridized carbons (Fsp3) is 0.500. The van der Waals surface area contributed by atoms with E-state index in [-0.39, 0.29) is 18.4 Å². The number of nitrogens with zero attached hydrogens (tertiary/aromatic N) is 1. The maximum absolute atomic E-state index is 11.1. The molecule has 0 unspecified atom stereocenters. The lowest BCUT2D eigenvalue weighted by molar-refractivity contribution is 0.0600. The first kappa shape index (κ1) is 11.4. The third-order valence-electron chi connectivity index (χ3n) is 1.96. The van der Waals surface area contributed by atoms with Gasteiger partial charge in [0.1, 0.15) is 0 Å². The van der Waals surface area contributed by atoms with Crippen LogP contribution in [0.15, 0.2) is 0 Å². The maximum Gasteiger partial charge on any atom is 0.367 e. The Hall–Kier alpha value is -0.650. The van der Waals surface area contributed by atoms with Gasteiger partial charge in [0.25, 0.3) is 0 Å². The second-order valence-electron chi connectivity index (χ2n) is 2.81. The number of fused-ring (bicyclic) bond motifs is 1. The fourth-order valence-corrected chi connectivity index (χ4v) is 2.30. The Labute approximate surface area is 92.1 Å². The highest BCUT2D eigenvalue weighted by molar-refractivity contribution is 7.13. The fourth-order valence-electron chi connectivity index (χ4n) is 1.30. The van der Waals surface area contributed by atoms with E-state index in [4.69, 9.17) is 0 Å². The van der Waals surface area contributed by atoms with Gasteiger partial charge in [-0.05, 0) is 0 Å². The molecule has 1 aromatic heterocycles. The van der Waals surface area contributed by atoms with Gasteiger partial charge in [0, 0.05) is 24.4 Å². The molecule has 0 saturated carbocycles. The van der Waals surface area contributed by atoms with Gasteiger partial charge in [0.15, 0.2) is 0 Å². The van der Waals surface area contributed by atoms with E-state index in [0.717, 1.165) is 30.1 Å². The summed E-state index contributed by atoms with van der Waals surface area (Å²) >= 11 is 1.42. The average Bonchev–Trinajstić information content (AvgIpc) is 2.59. The summed E-state index contributed by atoms with van der Waals surface area (Å²) in [5, 5.41) is 3.70. The summed E-state index contributed by atoms with van der Waals surface area (Å²) in [5.74, 6) is -0.334. The molecule has 6 heteroatoms. The SMILES string of the molecule is COC(=O)c1nc2c(s1)CNCC2.Cl. The minimum Gasteiger partial charge on any atom is -0.464 e. The third-order valence-corrected chi connectivity index (χ3v) is 3.04. The van der Waals surface area contributed by atoms with Crippen LogP contribution in [0.25, 0.3) is 0 Å². The summed E-state index contributed by atoms with van der Waals surface area (Å²) in [6.45, 7) is 1.77. The first-order valence-electron chi connectivity index (χ1n) is 4.09. The van der Waals surface area contributed by atoms with Crippen LogP contribution in [0.4, 0.5) is 0 Å². The monoisotopic (exact) mass is 234 g/mol. The van der Waals surface area contributed by atoms with E-state index in [0.29, 0.717) is 5.01 Å². The molecular weight excluding hydrogens is 224 g/mol. The van der Waals surface area contributed by atoms with E-state index >= 15 is 0 Å². The summed E-state index contributed by atoms with van der Waals surface area (Å²) in [6, 6.07) is 0. The van der Waals surface area contributed by atoms with E-state index in [1.54, 1.807) is 0 Å². The number of hydrogen-bond acceptors (Lipinski definition) is 5. The van der Waals surface area contributed by atoms with Crippen molar-refractivity contribution in [1.82, 2.24) is 10.3 Å². The Bertz CT molecular complexity index is 317. The second-order valence-corrected chi connectivity index (χ2v) is 3.89. The van der Waals surface area contributed by atoms with Crippen molar-refractivity contribution >= 4 is 29.7 Å². The Morgan fingerprint density at radius 2 is 2.43 bits per heavy atom. The first-order valence-corrected chi connectivity index (χ1v) is 4.90. The number of ether oxygens (including phenoxy) is 1. The van der Waals surface area contributed by atoms with Gasteiger partial charge >= 0.3 is 5.97 Å². The zero-order valence-corrected chi connectivity index (χ0v) is 9.33. The van der Waals surface area contributed by atoms with Crippen molar-refractivity contribution in [1.29, 1.82) is 0 Å². The first-order chi connectivity index (χ1) is 6.31. The topological polar surface area (TPSA) is 51.2 Å². The zero-order valence-electron chi connectivity index (χ0n) is 7.70. The van der Waals surface area contributed by atoms with Gasteiger partial charge in [-0.3, -0.25) is 0 Å². The molecule has 4 nitrogen and oxygen atoms in total. The Kier molecular flexibility index (Phi) is 3.86. The smallest absolute Gasteiger partial charge is 0.367 e. The molecule has 0 atom stereocenters. The molecular formula is C8H11ClN2O2S. The van der Waals surface area contributed by atoms with Crippen LogP contribution in [-0.4, -0.2) is 24.6 Å². The van der Waals surface area contributed by atoms with Gasteiger partial charge in [0.2, 0.25) is 5.01 Å². The molecule has 0 amide bonds. The van der Waals surface area contributed by atoms with E-state index < -0.39 is 0 Å². The van der Waals surface area contributed by atoms with Crippen LogP contribution in [0.1, 0.15) is 20.4 Å².